The molecular weight excluding hydrogens is 422 g/mol. The summed E-state index contributed by atoms with van der Waals surface area (Å²) in [6, 6.07) is 18.9. The molecule has 1 fully saturated rings. The fourth-order valence-corrected chi connectivity index (χ4v) is 4.85. The van der Waals surface area contributed by atoms with Crippen LogP contribution in [0, 0.1) is 6.92 Å². The third-order valence-electron chi connectivity index (χ3n) is 6.77. The number of amides is 1. The van der Waals surface area contributed by atoms with E-state index in [-0.39, 0.29) is 5.91 Å². The summed E-state index contributed by atoms with van der Waals surface area (Å²) in [6.45, 7) is 4.53. The van der Waals surface area contributed by atoms with Crippen molar-refractivity contribution < 1.29 is 4.79 Å². The monoisotopic (exact) mass is 449 g/mol. The molecule has 170 valence electrons. The van der Waals surface area contributed by atoms with Gasteiger partial charge in [0.1, 0.15) is 5.65 Å². The van der Waals surface area contributed by atoms with E-state index in [1.807, 2.05) is 34.1 Å². The van der Waals surface area contributed by atoms with Gasteiger partial charge >= 0.3 is 0 Å². The first kappa shape index (κ1) is 20.7. The van der Waals surface area contributed by atoms with Gasteiger partial charge in [-0.25, -0.2) is 4.98 Å². The minimum absolute atomic E-state index is 0.0873. The molecular formula is C28H27N5O. The Bertz CT molecular complexity index is 1490. The second-order valence-electron chi connectivity index (χ2n) is 9.21. The highest BCUT2D eigenvalue weighted by Gasteiger charge is 2.19. The van der Waals surface area contributed by atoms with E-state index >= 15 is 0 Å². The first-order valence-electron chi connectivity index (χ1n) is 11.9. The van der Waals surface area contributed by atoms with Gasteiger partial charge in [0.25, 0.3) is 5.91 Å². The van der Waals surface area contributed by atoms with Gasteiger partial charge in [-0.05, 0) is 62.1 Å². The van der Waals surface area contributed by atoms with E-state index in [2.05, 4.69) is 64.0 Å². The van der Waals surface area contributed by atoms with Gasteiger partial charge in [-0.15, -0.1) is 0 Å². The average molecular weight is 450 g/mol. The van der Waals surface area contributed by atoms with Crippen molar-refractivity contribution in [3.05, 3.63) is 89.9 Å². The molecule has 1 aliphatic rings. The zero-order valence-electron chi connectivity index (χ0n) is 19.3. The number of benzene rings is 2. The lowest BCUT2D eigenvalue weighted by molar-refractivity contribution is 0.0724. The zero-order chi connectivity index (χ0) is 23.1. The van der Waals surface area contributed by atoms with Gasteiger partial charge in [-0.1, -0.05) is 29.8 Å². The molecule has 0 aliphatic carbocycles. The molecule has 0 radical (unpaired) electrons. The van der Waals surface area contributed by atoms with Gasteiger partial charge in [0, 0.05) is 41.9 Å². The van der Waals surface area contributed by atoms with Gasteiger partial charge in [-0.3, -0.25) is 9.48 Å². The van der Waals surface area contributed by atoms with E-state index in [0.717, 1.165) is 60.1 Å². The number of hydrogen-bond acceptors (Lipinski definition) is 3. The Morgan fingerprint density at radius 3 is 2.56 bits per heavy atom. The van der Waals surface area contributed by atoms with Crippen LogP contribution in [0.2, 0.25) is 0 Å². The van der Waals surface area contributed by atoms with E-state index in [0.29, 0.717) is 5.56 Å². The lowest BCUT2D eigenvalue weighted by Crippen LogP contribution is -2.35. The lowest BCUT2D eigenvalue weighted by Gasteiger charge is -2.26. The van der Waals surface area contributed by atoms with E-state index in [1.165, 1.54) is 17.5 Å². The Morgan fingerprint density at radius 1 is 0.912 bits per heavy atom. The number of carbonyl (C=O) groups is 1. The minimum Gasteiger partial charge on any atom is -0.339 e. The Hall–Kier alpha value is -3.93. The third-order valence-corrected chi connectivity index (χ3v) is 6.77. The Kier molecular flexibility index (Phi) is 5.13. The topological polar surface area (TPSA) is 56.0 Å². The maximum absolute atomic E-state index is 12.9. The number of aryl methyl sites for hydroxylation is 1. The average Bonchev–Trinajstić information content (AvgIpc) is 3.49. The van der Waals surface area contributed by atoms with Crippen molar-refractivity contribution in [2.75, 3.05) is 13.1 Å². The largest absolute Gasteiger partial charge is 0.339 e. The van der Waals surface area contributed by atoms with Crippen molar-refractivity contribution >= 4 is 27.8 Å². The van der Waals surface area contributed by atoms with Crippen LogP contribution in [0.1, 0.15) is 40.7 Å². The summed E-state index contributed by atoms with van der Waals surface area (Å²) in [5.41, 5.74) is 6.13. The first-order valence-corrected chi connectivity index (χ1v) is 11.9. The molecule has 1 saturated heterocycles. The molecule has 1 aliphatic heterocycles. The minimum atomic E-state index is 0.0873. The van der Waals surface area contributed by atoms with Crippen LogP contribution in [0.25, 0.3) is 27.6 Å². The van der Waals surface area contributed by atoms with Crippen LogP contribution < -0.4 is 0 Å². The standard InChI is InChI=1S/C28H27N5O/c1-20-5-7-21(8-6-20)19-33-26-10-9-25(16-23(26)18-30-33)32-14-11-22-15-24(17-29-27(22)32)28(34)31-12-3-2-4-13-31/h5-11,14-18H,2-4,12-13,19H2,1H3. The summed E-state index contributed by atoms with van der Waals surface area (Å²) in [4.78, 5) is 19.5. The molecule has 2 aromatic carbocycles. The summed E-state index contributed by atoms with van der Waals surface area (Å²) in [7, 11) is 0. The second-order valence-corrected chi connectivity index (χ2v) is 9.21. The molecule has 5 aromatic rings. The van der Waals surface area contributed by atoms with Crippen LogP contribution in [0.3, 0.4) is 0 Å². The lowest BCUT2D eigenvalue weighted by atomic mass is 10.1. The SMILES string of the molecule is Cc1ccc(Cn2ncc3cc(-n4ccc5cc(C(=O)N6CCCCC6)cnc54)ccc32)cc1. The van der Waals surface area contributed by atoms with Crippen molar-refractivity contribution in [3.63, 3.8) is 0 Å². The second kappa shape index (κ2) is 8.45. The number of fused-ring (bicyclic) bond motifs is 2. The molecule has 6 rings (SSSR count). The number of nitrogens with zero attached hydrogens (tertiary/aromatic N) is 5. The van der Waals surface area contributed by atoms with E-state index < -0.39 is 0 Å². The quantitative estimate of drug-likeness (QED) is 0.371. The van der Waals surface area contributed by atoms with Crippen LogP contribution in [0.15, 0.2) is 73.2 Å². The molecule has 0 spiro atoms. The number of likely N-dealkylation sites (tertiary alicyclic amines) is 1. The number of hydrogen-bond donors (Lipinski definition) is 0. The van der Waals surface area contributed by atoms with Crippen molar-refractivity contribution in [3.8, 4) is 5.69 Å². The smallest absolute Gasteiger partial charge is 0.255 e. The predicted octanol–water partition coefficient (Wildman–Crippen LogP) is 5.36. The van der Waals surface area contributed by atoms with E-state index in [9.17, 15) is 4.79 Å². The normalized spacial score (nSPS) is 14.2. The highest BCUT2D eigenvalue weighted by atomic mass is 16.2. The van der Waals surface area contributed by atoms with Crippen molar-refractivity contribution in [2.24, 2.45) is 0 Å². The van der Waals surface area contributed by atoms with Crippen molar-refractivity contribution in [2.45, 2.75) is 32.7 Å². The highest BCUT2D eigenvalue weighted by Crippen LogP contribution is 2.24. The molecule has 0 N–H and O–H groups in total. The maximum Gasteiger partial charge on any atom is 0.255 e. The molecule has 0 saturated carbocycles. The molecule has 1 amide bonds. The summed E-state index contributed by atoms with van der Waals surface area (Å²) in [5, 5.41) is 6.68. The molecule has 0 atom stereocenters. The summed E-state index contributed by atoms with van der Waals surface area (Å²) in [5.74, 6) is 0.0873. The third kappa shape index (κ3) is 3.75. The Morgan fingerprint density at radius 2 is 1.74 bits per heavy atom. The van der Waals surface area contributed by atoms with Crippen LogP contribution >= 0.6 is 0 Å². The number of rotatable bonds is 4. The predicted molar refractivity (Wildman–Crippen MR) is 134 cm³/mol. The van der Waals surface area contributed by atoms with Gasteiger partial charge in [0.15, 0.2) is 0 Å². The molecule has 0 unspecified atom stereocenters. The first-order chi connectivity index (χ1) is 16.7. The molecule has 34 heavy (non-hydrogen) atoms. The van der Waals surface area contributed by atoms with Crippen molar-refractivity contribution in [1.29, 1.82) is 0 Å². The van der Waals surface area contributed by atoms with Crippen LogP contribution in [0.4, 0.5) is 0 Å². The molecule has 4 heterocycles. The Balaban J connectivity index is 1.29. The van der Waals surface area contributed by atoms with Crippen LogP contribution in [-0.2, 0) is 6.54 Å². The van der Waals surface area contributed by atoms with Crippen LogP contribution in [-0.4, -0.2) is 43.2 Å². The zero-order valence-corrected chi connectivity index (χ0v) is 19.3. The highest BCUT2D eigenvalue weighted by molar-refractivity contribution is 5.97. The molecule has 6 nitrogen and oxygen atoms in total. The fourth-order valence-electron chi connectivity index (χ4n) is 4.85. The maximum atomic E-state index is 12.9. The molecule has 6 heteroatoms. The summed E-state index contributed by atoms with van der Waals surface area (Å²) >= 11 is 0. The summed E-state index contributed by atoms with van der Waals surface area (Å²) in [6.07, 6.45) is 9.03. The number of piperidine rings is 1. The van der Waals surface area contributed by atoms with Gasteiger partial charge in [0.05, 0.1) is 23.8 Å². The number of carbonyl (C=O) groups excluding carboxylic acids is 1. The summed E-state index contributed by atoms with van der Waals surface area (Å²) < 4.78 is 4.11. The van der Waals surface area contributed by atoms with Gasteiger partial charge in [0.2, 0.25) is 0 Å². The number of pyridine rings is 1. The van der Waals surface area contributed by atoms with Gasteiger partial charge < -0.3 is 9.47 Å². The van der Waals surface area contributed by atoms with E-state index in [1.54, 1.807) is 6.20 Å². The molecule has 0 bridgehead atoms. The molecule has 3 aromatic heterocycles. The van der Waals surface area contributed by atoms with Crippen LogP contribution in [0.5, 0.6) is 0 Å². The van der Waals surface area contributed by atoms with Gasteiger partial charge in [-0.2, -0.15) is 5.10 Å². The Labute approximate surface area is 198 Å². The van der Waals surface area contributed by atoms with E-state index in [4.69, 9.17) is 0 Å². The fraction of sp³-hybridized carbons (Fsp3) is 0.250. The number of aromatic nitrogens is 4. The van der Waals surface area contributed by atoms with Crippen molar-refractivity contribution in [1.82, 2.24) is 24.2 Å².